The van der Waals surface area contributed by atoms with Crippen molar-refractivity contribution in [3.8, 4) is 11.5 Å². The van der Waals surface area contributed by atoms with Gasteiger partial charge in [-0.1, -0.05) is 6.07 Å². The minimum Gasteiger partial charge on any atom is -0.493 e. The van der Waals surface area contributed by atoms with E-state index in [-0.39, 0.29) is 5.91 Å². The number of carbonyl (C=O) groups excluding carboxylic acids is 1. The van der Waals surface area contributed by atoms with Crippen molar-refractivity contribution in [1.82, 2.24) is 15.3 Å². The fourth-order valence-corrected chi connectivity index (χ4v) is 2.48. The Morgan fingerprint density at radius 1 is 0.963 bits per heavy atom. The fraction of sp³-hybridized carbons (Fsp3) is 0.150. The van der Waals surface area contributed by atoms with Gasteiger partial charge in [0, 0.05) is 29.7 Å². The van der Waals surface area contributed by atoms with Crippen LogP contribution >= 0.6 is 0 Å². The molecule has 2 N–H and O–H groups in total. The molecule has 7 nitrogen and oxygen atoms in total. The van der Waals surface area contributed by atoms with Crippen LogP contribution in [0.1, 0.15) is 16.1 Å². The normalized spacial score (nSPS) is 10.1. The van der Waals surface area contributed by atoms with Crippen molar-refractivity contribution in [2.45, 2.75) is 6.54 Å². The van der Waals surface area contributed by atoms with Crippen LogP contribution in [0.2, 0.25) is 0 Å². The van der Waals surface area contributed by atoms with E-state index in [1.807, 2.05) is 24.3 Å². The lowest BCUT2D eigenvalue weighted by Crippen LogP contribution is -2.23. The third-order valence-corrected chi connectivity index (χ3v) is 3.83. The summed E-state index contributed by atoms with van der Waals surface area (Å²) < 4.78 is 10.5. The zero-order valence-electron chi connectivity index (χ0n) is 15.1. The number of ether oxygens (including phenoxy) is 2. The number of carbonyl (C=O) groups is 1. The topological polar surface area (TPSA) is 85.4 Å². The fourth-order valence-electron chi connectivity index (χ4n) is 2.48. The second kappa shape index (κ2) is 8.66. The van der Waals surface area contributed by atoms with Gasteiger partial charge in [-0.2, -0.15) is 0 Å². The molecule has 0 spiro atoms. The summed E-state index contributed by atoms with van der Waals surface area (Å²) in [6.45, 7) is 0.362. The minimum absolute atomic E-state index is 0.196. The summed E-state index contributed by atoms with van der Waals surface area (Å²) in [5, 5.41) is 6.01. The molecule has 3 rings (SSSR count). The van der Waals surface area contributed by atoms with E-state index in [1.54, 1.807) is 50.9 Å². The summed E-state index contributed by atoms with van der Waals surface area (Å²) in [5.41, 5.74) is 2.07. The molecule has 1 aromatic carbocycles. The van der Waals surface area contributed by atoms with Gasteiger partial charge in [-0.3, -0.25) is 9.78 Å². The number of pyridine rings is 2. The predicted molar refractivity (Wildman–Crippen MR) is 102 cm³/mol. The summed E-state index contributed by atoms with van der Waals surface area (Å²) in [6, 6.07) is 14.4. The molecule has 0 bridgehead atoms. The highest BCUT2D eigenvalue weighted by atomic mass is 16.5. The smallest absolute Gasteiger partial charge is 0.251 e. The van der Waals surface area contributed by atoms with E-state index in [0.717, 1.165) is 11.4 Å². The number of benzene rings is 1. The number of anilines is 2. The number of methoxy groups -OCH3 is 2. The van der Waals surface area contributed by atoms with Gasteiger partial charge in [-0.25, -0.2) is 4.98 Å². The lowest BCUT2D eigenvalue weighted by Gasteiger charge is -2.11. The van der Waals surface area contributed by atoms with Crippen molar-refractivity contribution in [3.05, 3.63) is 72.2 Å². The Bertz CT molecular complexity index is 916. The highest BCUT2D eigenvalue weighted by molar-refractivity contribution is 5.94. The Hall–Kier alpha value is -3.61. The molecule has 0 atom stereocenters. The van der Waals surface area contributed by atoms with Gasteiger partial charge in [0.2, 0.25) is 0 Å². The van der Waals surface area contributed by atoms with Crippen molar-refractivity contribution < 1.29 is 14.3 Å². The third-order valence-electron chi connectivity index (χ3n) is 3.83. The molecule has 27 heavy (non-hydrogen) atoms. The average molecular weight is 364 g/mol. The largest absolute Gasteiger partial charge is 0.493 e. The monoisotopic (exact) mass is 364 g/mol. The highest BCUT2D eigenvalue weighted by Crippen LogP contribution is 2.30. The van der Waals surface area contributed by atoms with Gasteiger partial charge >= 0.3 is 0 Å². The molecular weight excluding hydrogens is 344 g/mol. The zero-order valence-corrected chi connectivity index (χ0v) is 15.1. The van der Waals surface area contributed by atoms with Gasteiger partial charge in [0.15, 0.2) is 11.5 Å². The van der Waals surface area contributed by atoms with Crippen LogP contribution in [0, 0.1) is 0 Å². The van der Waals surface area contributed by atoms with Crippen molar-refractivity contribution in [3.63, 3.8) is 0 Å². The van der Waals surface area contributed by atoms with Gasteiger partial charge in [0.1, 0.15) is 5.82 Å². The predicted octanol–water partition coefficient (Wildman–Crippen LogP) is 3.17. The summed E-state index contributed by atoms with van der Waals surface area (Å²) >= 11 is 0. The number of nitrogens with zero attached hydrogens (tertiary/aromatic N) is 2. The molecular formula is C20H20N4O3. The van der Waals surface area contributed by atoms with Gasteiger partial charge in [-0.15, -0.1) is 0 Å². The maximum absolute atomic E-state index is 12.4. The van der Waals surface area contributed by atoms with E-state index in [1.165, 1.54) is 0 Å². The number of nitrogens with one attached hydrogen (secondary N) is 2. The Kier molecular flexibility index (Phi) is 5.84. The molecule has 0 fully saturated rings. The Balaban J connectivity index is 1.69. The first-order valence-corrected chi connectivity index (χ1v) is 8.33. The number of hydrogen-bond acceptors (Lipinski definition) is 6. The molecule has 0 saturated carbocycles. The van der Waals surface area contributed by atoms with E-state index in [9.17, 15) is 4.79 Å². The van der Waals surface area contributed by atoms with Crippen molar-refractivity contribution >= 4 is 17.4 Å². The van der Waals surface area contributed by atoms with Crippen LogP contribution in [0.5, 0.6) is 11.5 Å². The molecule has 0 unspecified atom stereocenters. The SMILES string of the molecule is COc1ccc(Nc2cc(C(=O)NCc3ccccn3)ccn2)cc1OC. The lowest BCUT2D eigenvalue weighted by molar-refractivity contribution is 0.0950. The van der Waals surface area contributed by atoms with Gasteiger partial charge in [0.05, 0.1) is 26.5 Å². The number of hydrogen-bond donors (Lipinski definition) is 2. The molecule has 0 aliphatic heterocycles. The summed E-state index contributed by atoms with van der Waals surface area (Å²) in [4.78, 5) is 20.8. The van der Waals surface area contributed by atoms with Crippen molar-refractivity contribution in [2.75, 3.05) is 19.5 Å². The standard InChI is InChI=1S/C20H20N4O3/c1-26-17-7-6-15(12-18(17)27-2)24-19-11-14(8-10-22-19)20(25)23-13-16-5-3-4-9-21-16/h3-12H,13H2,1-2H3,(H,22,24)(H,23,25). The second-order valence-corrected chi connectivity index (χ2v) is 5.63. The zero-order chi connectivity index (χ0) is 19.1. The van der Waals surface area contributed by atoms with Crippen LogP contribution in [0.25, 0.3) is 0 Å². The van der Waals surface area contributed by atoms with E-state index in [2.05, 4.69) is 20.6 Å². The quantitative estimate of drug-likeness (QED) is 0.670. The number of rotatable bonds is 7. The molecule has 2 aromatic heterocycles. The maximum Gasteiger partial charge on any atom is 0.251 e. The molecule has 0 aliphatic carbocycles. The molecule has 3 aromatic rings. The second-order valence-electron chi connectivity index (χ2n) is 5.63. The average Bonchev–Trinajstić information content (AvgIpc) is 2.73. The summed E-state index contributed by atoms with van der Waals surface area (Å²) in [6.07, 6.45) is 3.28. The Morgan fingerprint density at radius 3 is 2.56 bits per heavy atom. The molecule has 138 valence electrons. The summed E-state index contributed by atoms with van der Waals surface area (Å²) in [5.74, 6) is 1.59. The Labute approximate surface area is 157 Å². The van der Waals surface area contributed by atoms with Crippen LogP contribution in [-0.2, 0) is 6.54 Å². The minimum atomic E-state index is -0.196. The highest BCUT2D eigenvalue weighted by Gasteiger charge is 2.09. The molecule has 7 heteroatoms. The first-order valence-electron chi connectivity index (χ1n) is 8.33. The van der Waals surface area contributed by atoms with E-state index < -0.39 is 0 Å². The van der Waals surface area contributed by atoms with Crippen LogP contribution in [0.3, 0.4) is 0 Å². The first kappa shape index (κ1) is 18.2. The van der Waals surface area contributed by atoms with Crippen LogP contribution < -0.4 is 20.1 Å². The molecule has 0 aliphatic rings. The molecule has 0 radical (unpaired) electrons. The lowest BCUT2D eigenvalue weighted by atomic mass is 10.2. The van der Waals surface area contributed by atoms with Gasteiger partial charge in [-0.05, 0) is 36.4 Å². The summed E-state index contributed by atoms with van der Waals surface area (Å²) in [7, 11) is 3.16. The number of aromatic nitrogens is 2. The van der Waals surface area contributed by atoms with E-state index in [4.69, 9.17) is 9.47 Å². The van der Waals surface area contributed by atoms with Crippen LogP contribution in [-0.4, -0.2) is 30.1 Å². The van der Waals surface area contributed by atoms with E-state index >= 15 is 0 Å². The van der Waals surface area contributed by atoms with Crippen molar-refractivity contribution in [2.24, 2.45) is 0 Å². The molecule has 1 amide bonds. The van der Waals surface area contributed by atoms with Crippen molar-refractivity contribution in [1.29, 1.82) is 0 Å². The third kappa shape index (κ3) is 4.72. The van der Waals surface area contributed by atoms with Crippen LogP contribution in [0.4, 0.5) is 11.5 Å². The van der Waals surface area contributed by atoms with Gasteiger partial charge in [0.25, 0.3) is 5.91 Å². The Morgan fingerprint density at radius 2 is 1.81 bits per heavy atom. The molecule has 0 saturated heterocycles. The number of amides is 1. The maximum atomic E-state index is 12.4. The first-order chi connectivity index (χ1) is 13.2. The van der Waals surface area contributed by atoms with Crippen LogP contribution in [0.15, 0.2) is 60.9 Å². The molecule has 2 heterocycles. The van der Waals surface area contributed by atoms with E-state index in [0.29, 0.717) is 29.4 Å². The van der Waals surface area contributed by atoms with Gasteiger partial charge < -0.3 is 20.1 Å².